The van der Waals surface area contributed by atoms with E-state index in [1.165, 1.54) is 10.9 Å². The summed E-state index contributed by atoms with van der Waals surface area (Å²) >= 11 is 6.00. The predicted molar refractivity (Wildman–Crippen MR) is 99.6 cm³/mol. The molecule has 0 fully saturated rings. The molecule has 3 aromatic rings. The van der Waals surface area contributed by atoms with Crippen molar-refractivity contribution in [2.75, 3.05) is 5.32 Å². The molecule has 0 aliphatic heterocycles. The number of rotatable bonds is 7. The molecule has 3 rings (SSSR count). The Kier molecular flexibility index (Phi) is 5.51. The number of anilines is 1. The zero-order chi connectivity index (χ0) is 19.4. The summed E-state index contributed by atoms with van der Waals surface area (Å²) in [6, 6.07) is 9.28. The zero-order valence-electron chi connectivity index (χ0n) is 14.5. The van der Waals surface area contributed by atoms with Gasteiger partial charge in [0.15, 0.2) is 5.82 Å². The molecule has 0 atom stereocenters. The number of halogens is 1. The lowest BCUT2D eigenvalue weighted by Gasteiger charge is -2.05. The molecule has 0 unspecified atom stereocenters. The Hall–Kier alpha value is -3.20. The number of carbonyl (C=O) groups is 1. The van der Waals surface area contributed by atoms with Crippen molar-refractivity contribution in [2.24, 2.45) is 0 Å². The molecule has 2 heterocycles. The Morgan fingerprint density at radius 1 is 1.37 bits per heavy atom. The summed E-state index contributed by atoms with van der Waals surface area (Å²) in [5, 5.41) is 22.3. The van der Waals surface area contributed by atoms with Crippen LogP contribution in [0.25, 0.3) is 0 Å². The lowest BCUT2D eigenvalue weighted by Crippen LogP contribution is -2.15. The van der Waals surface area contributed by atoms with Gasteiger partial charge in [0.1, 0.15) is 12.4 Å². The number of hydrogen-bond acceptors (Lipinski definition) is 5. The van der Waals surface area contributed by atoms with Gasteiger partial charge in [0.25, 0.3) is 0 Å². The van der Waals surface area contributed by atoms with Crippen molar-refractivity contribution in [1.82, 2.24) is 19.6 Å². The normalized spacial score (nSPS) is 10.7. The first-order valence-electron chi connectivity index (χ1n) is 8.16. The van der Waals surface area contributed by atoms with Crippen molar-refractivity contribution < 1.29 is 9.72 Å². The number of carbonyl (C=O) groups excluding carboxylic acids is 1. The van der Waals surface area contributed by atoms with E-state index in [2.05, 4.69) is 15.5 Å². The minimum Gasteiger partial charge on any atom is -0.309 e. The highest BCUT2D eigenvalue weighted by molar-refractivity contribution is 6.30. The summed E-state index contributed by atoms with van der Waals surface area (Å²) in [6.45, 7) is 2.68. The number of nitrogens with zero attached hydrogens (tertiary/aromatic N) is 5. The average molecular weight is 389 g/mol. The minimum absolute atomic E-state index is 0.106. The van der Waals surface area contributed by atoms with Crippen LogP contribution < -0.4 is 5.32 Å². The maximum atomic E-state index is 12.1. The van der Waals surface area contributed by atoms with E-state index in [-0.39, 0.29) is 24.6 Å². The van der Waals surface area contributed by atoms with Crippen molar-refractivity contribution in [1.29, 1.82) is 0 Å². The van der Waals surface area contributed by atoms with Gasteiger partial charge < -0.3 is 5.32 Å². The van der Waals surface area contributed by atoms with E-state index in [9.17, 15) is 14.9 Å². The average Bonchev–Trinajstić information content (AvgIpc) is 3.20. The lowest BCUT2D eigenvalue weighted by molar-refractivity contribution is -0.385. The van der Waals surface area contributed by atoms with E-state index in [0.717, 1.165) is 17.5 Å². The SMILES string of the molecule is Cc1cc(NC(=O)CCn2cc([N+](=O)[O-])cn2)nn1Cc1cccc(Cl)c1. The van der Waals surface area contributed by atoms with Crippen molar-refractivity contribution in [3.8, 4) is 0 Å². The van der Waals surface area contributed by atoms with Crippen LogP contribution in [0, 0.1) is 17.0 Å². The molecule has 2 aromatic heterocycles. The van der Waals surface area contributed by atoms with Crippen LogP contribution in [0.1, 0.15) is 17.7 Å². The topological polar surface area (TPSA) is 108 Å². The summed E-state index contributed by atoms with van der Waals surface area (Å²) in [4.78, 5) is 22.2. The van der Waals surface area contributed by atoms with Crippen LogP contribution in [0.3, 0.4) is 0 Å². The van der Waals surface area contributed by atoms with Gasteiger partial charge in [-0.2, -0.15) is 10.2 Å². The van der Waals surface area contributed by atoms with Crippen molar-refractivity contribution in [3.63, 3.8) is 0 Å². The second kappa shape index (κ2) is 8.00. The van der Waals surface area contributed by atoms with Gasteiger partial charge in [-0.25, -0.2) is 0 Å². The predicted octanol–water partition coefficient (Wildman–Crippen LogP) is 3.03. The highest BCUT2D eigenvalue weighted by Crippen LogP contribution is 2.15. The van der Waals surface area contributed by atoms with Gasteiger partial charge in [0, 0.05) is 29.7 Å². The molecule has 0 aliphatic carbocycles. The highest BCUT2D eigenvalue weighted by atomic mass is 35.5. The Morgan fingerprint density at radius 3 is 2.89 bits per heavy atom. The van der Waals surface area contributed by atoms with Crippen LogP contribution >= 0.6 is 11.6 Å². The summed E-state index contributed by atoms with van der Waals surface area (Å²) < 4.78 is 3.14. The molecular weight excluding hydrogens is 372 g/mol. The van der Waals surface area contributed by atoms with E-state index in [1.807, 2.05) is 25.1 Å². The molecule has 0 aliphatic rings. The molecule has 10 heteroatoms. The van der Waals surface area contributed by atoms with Crippen molar-refractivity contribution >= 4 is 29.0 Å². The maximum absolute atomic E-state index is 12.1. The molecule has 0 bridgehead atoms. The van der Waals surface area contributed by atoms with Gasteiger partial charge in [0.05, 0.1) is 11.5 Å². The standard InChI is InChI=1S/C17H17ClN6O3/c1-12-7-16(21-23(12)10-13-3-2-4-14(18)8-13)20-17(25)5-6-22-11-15(9-19-22)24(26)27/h2-4,7-9,11H,5-6,10H2,1H3,(H,20,21,25). The molecule has 0 saturated heterocycles. The first-order chi connectivity index (χ1) is 12.9. The number of aryl methyl sites for hydroxylation is 2. The lowest BCUT2D eigenvalue weighted by atomic mass is 10.2. The Morgan fingerprint density at radius 2 is 2.19 bits per heavy atom. The zero-order valence-corrected chi connectivity index (χ0v) is 15.3. The Bertz CT molecular complexity index is 981. The first kappa shape index (κ1) is 18.6. The smallest absolute Gasteiger partial charge is 0.306 e. The van der Waals surface area contributed by atoms with E-state index in [4.69, 9.17) is 11.6 Å². The molecule has 140 valence electrons. The number of aromatic nitrogens is 4. The number of nitrogens with one attached hydrogen (secondary N) is 1. The van der Waals surface area contributed by atoms with E-state index < -0.39 is 4.92 Å². The Labute approximate surface area is 159 Å². The van der Waals surface area contributed by atoms with Crippen molar-refractivity contribution in [2.45, 2.75) is 26.4 Å². The Balaban J connectivity index is 1.57. The summed E-state index contributed by atoms with van der Waals surface area (Å²) in [6.07, 6.45) is 2.56. The van der Waals surface area contributed by atoms with Gasteiger partial charge >= 0.3 is 5.69 Å². The van der Waals surface area contributed by atoms with Crippen LogP contribution in [0.4, 0.5) is 11.5 Å². The number of amides is 1. The second-order valence-electron chi connectivity index (χ2n) is 5.98. The molecule has 1 aromatic carbocycles. The third kappa shape index (κ3) is 4.91. The summed E-state index contributed by atoms with van der Waals surface area (Å²) in [5.74, 6) is 0.200. The summed E-state index contributed by atoms with van der Waals surface area (Å²) in [5.41, 5.74) is 1.80. The van der Waals surface area contributed by atoms with Gasteiger partial charge in [-0.1, -0.05) is 23.7 Å². The van der Waals surface area contributed by atoms with Crippen LogP contribution in [0.5, 0.6) is 0 Å². The monoisotopic (exact) mass is 388 g/mol. The van der Waals surface area contributed by atoms with Crippen molar-refractivity contribution in [3.05, 3.63) is 69.1 Å². The van der Waals surface area contributed by atoms with Gasteiger partial charge in [-0.3, -0.25) is 24.3 Å². The first-order valence-corrected chi connectivity index (χ1v) is 8.54. The van der Waals surface area contributed by atoms with E-state index in [1.54, 1.807) is 16.8 Å². The largest absolute Gasteiger partial charge is 0.309 e. The molecule has 0 spiro atoms. The fourth-order valence-corrected chi connectivity index (χ4v) is 2.74. The van der Waals surface area contributed by atoms with Crippen LogP contribution in [-0.4, -0.2) is 30.4 Å². The molecule has 9 nitrogen and oxygen atoms in total. The number of hydrogen-bond donors (Lipinski definition) is 1. The van der Waals surface area contributed by atoms with Gasteiger partial charge in [0.2, 0.25) is 5.91 Å². The maximum Gasteiger partial charge on any atom is 0.306 e. The third-order valence-corrected chi connectivity index (χ3v) is 4.10. The second-order valence-corrected chi connectivity index (χ2v) is 6.41. The fraction of sp³-hybridized carbons (Fsp3) is 0.235. The molecule has 1 amide bonds. The van der Waals surface area contributed by atoms with Crippen LogP contribution in [0.2, 0.25) is 5.02 Å². The minimum atomic E-state index is -0.529. The molecule has 0 saturated carbocycles. The summed E-state index contributed by atoms with van der Waals surface area (Å²) in [7, 11) is 0. The molecular formula is C17H17ClN6O3. The highest BCUT2D eigenvalue weighted by Gasteiger charge is 2.12. The van der Waals surface area contributed by atoms with E-state index in [0.29, 0.717) is 17.4 Å². The number of nitro groups is 1. The van der Waals surface area contributed by atoms with Crippen LogP contribution in [-0.2, 0) is 17.9 Å². The fourth-order valence-electron chi connectivity index (χ4n) is 2.53. The molecule has 0 radical (unpaired) electrons. The van der Waals surface area contributed by atoms with E-state index >= 15 is 0 Å². The third-order valence-electron chi connectivity index (χ3n) is 3.87. The molecule has 27 heavy (non-hydrogen) atoms. The van der Waals surface area contributed by atoms with Crippen LogP contribution in [0.15, 0.2) is 42.7 Å². The van der Waals surface area contributed by atoms with Gasteiger partial charge in [-0.05, 0) is 24.6 Å². The quantitative estimate of drug-likeness (QED) is 0.494. The molecule has 1 N–H and O–H groups in total. The van der Waals surface area contributed by atoms with Gasteiger partial charge in [-0.15, -0.1) is 0 Å². The number of benzene rings is 1.